The molecule has 0 fully saturated rings. The van der Waals surface area contributed by atoms with Gasteiger partial charge in [0, 0.05) is 18.7 Å². The van der Waals surface area contributed by atoms with Crippen molar-refractivity contribution in [3.63, 3.8) is 0 Å². The van der Waals surface area contributed by atoms with E-state index >= 15 is 0 Å². The van der Waals surface area contributed by atoms with Gasteiger partial charge in [-0.05, 0) is 36.4 Å². The smallest absolute Gasteiger partial charge is 0.266 e. The summed E-state index contributed by atoms with van der Waals surface area (Å²) >= 11 is 0. The maximum atomic E-state index is 13.4. The third kappa shape index (κ3) is 3.61. The lowest BCUT2D eigenvalue weighted by molar-refractivity contribution is 0.297. The predicted molar refractivity (Wildman–Crippen MR) is 98.4 cm³/mol. The molecule has 0 saturated carbocycles. The molecule has 1 aliphatic rings. The van der Waals surface area contributed by atoms with Crippen molar-refractivity contribution in [2.45, 2.75) is 17.9 Å². The molecule has 0 saturated heterocycles. The number of hydrogen-bond donors (Lipinski definition) is 0. The van der Waals surface area contributed by atoms with Crippen LogP contribution < -0.4 is 13.8 Å². The van der Waals surface area contributed by atoms with Crippen molar-refractivity contribution in [2.24, 2.45) is 0 Å². The largest absolute Gasteiger partial charge is 0.490 e. The van der Waals surface area contributed by atoms with Gasteiger partial charge in [0.15, 0.2) is 11.5 Å². The topological polar surface area (TPSA) is 81.9 Å². The SMILES string of the molecule is O=S(=O)(c1ccc2c(c1)OCCCO2)N(Cc1ccco1)c1ccccn1. The molecular weight excluding hydrogens is 368 g/mol. The highest BCUT2D eigenvalue weighted by atomic mass is 32.2. The van der Waals surface area contributed by atoms with Gasteiger partial charge in [-0.25, -0.2) is 17.7 Å². The second-order valence-electron chi connectivity index (χ2n) is 5.94. The van der Waals surface area contributed by atoms with E-state index < -0.39 is 10.0 Å². The summed E-state index contributed by atoms with van der Waals surface area (Å²) in [5.41, 5.74) is 0. The van der Waals surface area contributed by atoms with Gasteiger partial charge in [-0.2, -0.15) is 0 Å². The Morgan fingerprint density at radius 3 is 2.59 bits per heavy atom. The second-order valence-corrected chi connectivity index (χ2v) is 7.80. The van der Waals surface area contributed by atoms with E-state index in [0.717, 1.165) is 6.42 Å². The molecule has 0 bridgehead atoms. The summed E-state index contributed by atoms with van der Waals surface area (Å²) in [7, 11) is -3.90. The van der Waals surface area contributed by atoms with Crippen molar-refractivity contribution in [1.29, 1.82) is 0 Å². The molecule has 0 spiro atoms. The Kier molecular flexibility index (Phi) is 4.72. The zero-order valence-electron chi connectivity index (χ0n) is 14.4. The van der Waals surface area contributed by atoms with Gasteiger partial charge in [0.1, 0.15) is 11.6 Å². The molecule has 2 aromatic heterocycles. The highest BCUT2D eigenvalue weighted by molar-refractivity contribution is 7.92. The molecule has 7 nitrogen and oxygen atoms in total. The first-order chi connectivity index (χ1) is 13.1. The first kappa shape index (κ1) is 17.4. The summed E-state index contributed by atoms with van der Waals surface area (Å²) < 4.78 is 44.5. The van der Waals surface area contributed by atoms with Gasteiger partial charge in [0.05, 0.1) is 30.9 Å². The minimum atomic E-state index is -3.90. The van der Waals surface area contributed by atoms with Gasteiger partial charge in [0.25, 0.3) is 10.0 Å². The third-order valence-corrected chi connectivity index (χ3v) is 5.84. The molecule has 0 aliphatic carbocycles. The van der Waals surface area contributed by atoms with Crippen LogP contribution in [0.4, 0.5) is 5.82 Å². The molecule has 3 heterocycles. The van der Waals surface area contributed by atoms with Crippen LogP contribution in [0.5, 0.6) is 11.5 Å². The van der Waals surface area contributed by atoms with Gasteiger partial charge >= 0.3 is 0 Å². The fourth-order valence-corrected chi connectivity index (χ4v) is 4.17. The van der Waals surface area contributed by atoms with E-state index in [4.69, 9.17) is 13.9 Å². The number of pyridine rings is 1. The van der Waals surface area contributed by atoms with Crippen LogP contribution in [0.15, 0.2) is 70.3 Å². The highest BCUT2D eigenvalue weighted by Crippen LogP contribution is 2.34. The molecule has 3 aromatic rings. The summed E-state index contributed by atoms with van der Waals surface area (Å²) in [5, 5.41) is 0. The van der Waals surface area contributed by atoms with Crippen LogP contribution in [-0.2, 0) is 16.6 Å². The highest BCUT2D eigenvalue weighted by Gasteiger charge is 2.28. The standard InChI is InChI=1S/C19H18N2O5S/c22-27(23,16-7-8-17-18(13-16)26-12-4-11-25-17)21(14-15-5-3-10-24-15)19-6-1-2-9-20-19/h1-3,5-10,13H,4,11-12,14H2. The summed E-state index contributed by atoms with van der Waals surface area (Å²) in [6.45, 7) is 1.05. The minimum Gasteiger partial charge on any atom is -0.490 e. The van der Waals surface area contributed by atoms with Crippen molar-refractivity contribution in [3.8, 4) is 11.5 Å². The van der Waals surface area contributed by atoms with Gasteiger partial charge in [-0.3, -0.25) is 0 Å². The zero-order chi connectivity index (χ0) is 18.7. The number of anilines is 1. The minimum absolute atomic E-state index is 0.0286. The van der Waals surface area contributed by atoms with E-state index in [1.165, 1.54) is 22.7 Å². The molecule has 8 heteroatoms. The van der Waals surface area contributed by atoms with E-state index in [9.17, 15) is 8.42 Å². The summed E-state index contributed by atoms with van der Waals surface area (Å²) in [4.78, 5) is 4.30. The van der Waals surface area contributed by atoms with Gasteiger partial charge < -0.3 is 13.9 Å². The van der Waals surface area contributed by atoms with Crippen LogP contribution in [0.2, 0.25) is 0 Å². The van der Waals surface area contributed by atoms with E-state index in [2.05, 4.69) is 4.98 Å². The Hall–Kier alpha value is -3.00. The van der Waals surface area contributed by atoms with E-state index in [-0.39, 0.29) is 11.4 Å². The number of fused-ring (bicyclic) bond motifs is 1. The van der Waals surface area contributed by atoms with E-state index in [1.807, 2.05) is 0 Å². The van der Waals surface area contributed by atoms with Crippen molar-refractivity contribution < 1.29 is 22.3 Å². The molecule has 140 valence electrons. The quantitative estimate of drug-likeness (QED) is 0.670. The first-order valence-electron chi connectivity index (χ1n) is 8.50. The monoisotopic (exact) mass is 386 g/mol. The molecule has 0 radical (unpaired) electrons. The fraction of sp³-hybridized carbons (Fsp3) is 0.211. The molecule has 1 aromatic carbocycles. The van der Waals surface area contributed by atoms with Crippen LogP contribution in [0.1, 0.15) is 12.2 Å². The maximum absolute atomic E-state index is 13.4. The Morgan fingerprint density at radius 2 is 1.85 bits per heavy atom. The molecule has 4 rings (SSSR count). The van der Waals surface area contributed by atoms with Crippen molar-refractivity contribution in [2.75, 3.05) is 17.5 Å². The Morgan fingerprint density at radius 1 is 1.00 bits per heavy atom. The number of furan rings is 1. The van der Waals surface area contributed by atoms with Crippen LogP contribution in [0.3, 0.4) is 0 Å². The van der Waals surface area contributed by atoms with Crippen molar-refractivity contribution >= 4 is 15.8 Å². The fourth-order valence-electron chi connectivity index (χ4n) is 2.77. The third-order valence-electron chi connectivity index (χ3n) is 4.09. The molecule has 0 amide bonds. The molecule has 0 unspecified atom stereocenters. The number of hydrogen-bond acceptors (Lipinski definition) is 6. The van der Waals surface area contributed by atoms with Crippen LogP contribution in [0.25, 0.3) is 0 Å². The Bertz CT molecular complexity index is 1000. The van der Waals surface area contributed by atoms with Crippen LogP contribution in [0, 0.1) is 0 Å². The normalized spacial score (nSPS) is 13.8. The maximum Gasteiger partial charge on any atom is 0.266 e. The summed E-state index contributed by atoms with van der Waals surface area (Å²) in [5.74, 6) is 1.79. The number of nitrogens with zero attached hydrogens (tertiary/aromatic N) is 2. The zero-order valence-corrected chi connectivity index (χ0v) is 15.3. The van der Waals surface area contributed by atoms with Gasteiger partial charge in [-0.15, -0.1) is 0 Å². The van der Waals surface area contributed by atoms with Crippen LogP contribution >= 0.6 is 0 Å². The number of aromatic nitrogens is 1. The number of benzene rings is 1. The molecular formula is C19H18N2O5S. The molecule has 27 heavy (non-hydrogen) atoms. The van der Waals surface area contributed by atoms with E-state index in [1.54, 1.807) is 42.6 Å². The number of ether oxygens (including phenoxy) is 2. The van der Waals surface area contributed by atoms with Gasteiger partial charge in [-0.1, -0.05) is 6.07 Å². The lowest BCUT2D eigenvalue weighted by Gasteiger charge is -2.23. The lowest BCUT2D eigenvalue weighted by Crippen LogP contribution is -2.31. The number of rotatable bonds is 5. The average molecular weight is 386 g/mol. The van der Waals surface area contributed by atoms with Crippen molar-refractivity contribution in [1.82, 2.24) is 4.98 Å². The molecule has 0 N–H and O–H groups in total. The first-order valence-corrected chi connectivity index (χ1v) is 9.94. The summed E-state index contributed by atoms with van der Waals surface area (Å²) in [6, 6.07) is 13.2. The van der Waals surface area contributed by atoms with Gasteiger partial charge in [0.2, 0.25) is 0 Å². The Balaban J connectivity index is 1.75. The second kappa shape index (κ2) is 7.32. The predicted octanol–water partition coefficient (Wildman–Crippen LogP) is 3.23. The average Bonchev–Trinajstić information content (AvgIpc) is 3.09. The Labute approximate surface area is 157 Å². The summed E-state index contributed by atoms with van der Waals surface area (Å²) in [6.07, 6.45) is 3.80. The van der Waals surface area contributed by atoms with Crippen LogP contribution in [-0.4, -0.2) is 26.6 Å². The lowest BCUT2D eigenvalue weighted by atomic mass is 10.3. The van der Waals surface area contributed by atoms with E-state index in [0.29, 0.717) is 36.3 Å². The molecule has 1 aliphatic heterocycles. The number of sulfonamides is 1. The van der Waals surface area contributed by atoms with Crippen molar-refractivity contribution in [3.05, 3.63) is 66.8 Å². The molecule has 0 atom stereocenters.